The lowest BCUT2D eigenvalue weighted by molar-refractivity contribution is -0.145. The van der Waals surface area contributed by atoms with Gasteiger partial charge in [-0.2, -0.15) is 0 Å². The molecular weight excluding hydrogens is 357 g/mol. The summed E-state index contributed by atoms with van der Waals surface area (Å²) in [6.07, 6.45) is 5.61. The number of carboxylic acid groups (broad SMARTS) is 1. The van der Waals surface area contributed by atoms with Crippen molar-refractivity contribution >= 4 is 41.6 Å². The van der Waals surface area contributed by atoms with Gasteiger partial charge >= 0.3 is 5.97 Å². The lowest BCUT2D eigenvalue weighted by Gasteiger charge is -2.36. The lowest BCUT2D eigenvalue weighted by Crippen LogP contribution is -2.36. The molecule has 0 radical (unpaired) electrons. The molecule has 0 amide bonds. The molecule has 2 fully saturated rings. The molecule has 0 aromatic heterocycles. The van der Waals surface area contributed by atoms with Gasteiger partial charge < -0.3 is 5.11 Å². The van der Waals surface area contributed by atoms with E-state index in [1.165, 1.54) is 6.42 Å². The van der Waals surface area contributed by atoms with E-state index in [0.717, 1.165) is 37.8 Å². The Hall–Kier alpha value is -0.480. The van der Waals surface area contributed by atoms with Gasteiger partial charge in [0.2, 0.25) is 0 Å². The molecule has 1 unspecified atom stereocenters. The second-order valence-electron chi connectivity index (χ2n) is 6.72. The fraction of sp³-hybridized carbons (Fsp3) is 0.588. The Morgan fingerprint density at radius 2 is 1.96 bits per heavy atom. The van der Waals surface area contributed by atoms with E-state index >= 15 is 0 Å². The summed E-state index contributed by atoms with van der Waals surface area (Å²) in [4.78, 5) is 14.0. The van der Waals surface area contributed by atoms with Crippen LogP contribution in [-0.2, 0) is 11.3 Å². The standard InChI is InChI=1S/C17H21Cl2NO2.ClH/c18-13-5-4-12(15(19)8-13)9-20-10-14(16(21)22)17(11-20)6-2-1-3-7-17;/h4-5,8,14H,1-3,6-7,9-11H2,(H,21,22);1H. The largest absolute Gasteiger partial charge is 0.481 e. The highest BCUT2D eigenvalue weighted by Crippen LogP contribution is 2.48. The Balaban J connectivity index is 0.00000192. The molecule has 1 aliphatic heterocycles. The van der Waals surface area contributed by atoms with Crippen LogP contribution in [0.5, 0.6) is 0 Å². The molecule has 3 nitrogen and oxygen atoms in total. The summed E-state index contributed by atoms with van der Waals surface area (Å²) in [6, 6.07) is 5.52. The molecule has 1 aromatic rings. The van der Waals surface area contributed by atoms with Gasteiger partial charge in [0.05, 0.1) is 5.92 Å². The third-order valence-electron chi connectivity index (χ3n) is 5.27. The molecule has 3 rings (SSSR count). The van der Waals surface area contributed by atoms with Gasteiger partial charge in [0.1, 0.15) is 0 Å². The van der Waals surface area contributed by atoms with Gasteiger partial charge in [-0.3, -0.25) is 9.69 Å². The first-order valence-electron chi connectivity index (χ1n) is 7.89. The van der Waals surface area contributed by atoms with E-state index in [9.17, 15) is 9.90 Å². The fourth-order valence-corrected chi connectivity index (χ4v) is 4.65. The van der Waals surface area contributed by atoms with Crippen molar-refractivity contribution in [3.05, 3.63) is 33.8 Å². The average Bonchev–Trinajstić information content (AvgIpc) is 2.81. The third-order valence-corrected chi connectivity index (χ3v) is 5.86. The zero-order valence-corrected chi connectivity index (χ0v) is 15.3. The molecule has 128 valence electrons. The maximum absolute atomic E-state index is 11.7. The number of likely N-dealkylation sites (tertiary alicyclic amines) is 1. The molecule has 1 saturated carbocycles. The number of halogens is 3. The predicted octanol–water partition coefficient (Wildman–Crippen LogP) is 4.88. The second-order valence-corrected chi connectivity index (χ2v) is 7.56. The van der Waals surface area contributed by atoms with Crippen LogP contribution in [0.1, 0.15) is 37.7 Å². The van der Waals surface area contributed by atoms with Gasteiger partial charge in [-0.25, -0.2) is 0 Å². The van der Waals surface area contributed by atoms with Gasteiger partial charge in [0.25, 0.3) is 0 Å². The Morgan fingerprint density at radius 3 is 2.57 bits per heavy atom. The summed E-state index contributed by atoms with van der Waals surface area (Å²) in [5.74, 6) is -0.898. The highest BCUT2D eigenvalue weighted by molar-refractivity contribution is 6.35. The SMILES string of the molecule is Cl.O=C(O)C1CN(Cc2ccc(Cl)cc2Cl)CC12CCCCC2. The van der Waals surface area contributed by atoms with Crippen LogP contribution in [0.3, 0.4) is 0 Å². The third kappa shape index (κ3) is 3.96. The van der Waals surface area contributed by atoms with Crippen LogP contribution in [0.4, 0.5) is 0 Å². The number of aliphatic carboxylic acids is 1. The van der Waals surface area contributed by atoms with Crippen LogP contribution in [0, 0.1) is 11.3 Å². The van der Waals surface area contributed by atoms with Gasteiger partial charge in [-0.05, 0) is 36.0 Å². The number of nitrogens with zero attached hydrogens (tertiary/aromatic N) is 1. The number of carbonyl (C=O) groups is 1. The van der Waals surface area contributed by atoms with Crippen molar-refractivity contribution in [3.63, 3.8) is 0 Å². The molecule has 6 heteroatoms. The summed E-state index contributed by atoms with van der Waals surface area (Å²) in [7, 11) is 0. The number of hydrogen-bond donors (Lipinski definition) is 1. The predicted molar refractivity (Wildman–Crippen MR) is 95.6 cm³/mol. The minimum Gasteiger partial charge on any atom is -0.481 e. The van der Waals surface area contributed by atoms with Gasteiger partial charge in [0, 0.05) is 29.7 Å². The highest BCUT2D eigenvalue weighted by Gasteiger charge is 2.50. The molecule has 1 heterocycles. The van der Waals surface area contributed by atoms with Crippen molar-refractivity contribution < 1.29 is 9.90 Å². The first kappa shape index (κ1) is 18.9. The fourth-order valence-electron chi connectivity index (χ4n) is 4.19. The molecule has 0 bridgehead atoms. The van der Waals surface area contributed by atoms with Crippen molar-refractivity contribution in [2.24, 2.45) is 11.3 Å². The molecule has 1 N–H and O–H groups in total. The summed E-state index contributed by atoms with van der Waals surface area (Å²) in [6.45, 7) is 2.18. The number of hydrogen-bond acceptors (Lipinski definition) is 2. The number of carboxylic acids is 1. The maximum Gasteiger partial charge on any atom is 0.308 e. The van der Waals surface area contributed by atoms with Gasteiger partial charge in [0.15, 0.2) is 0 Å². The Labute approximate surface area is 153 Å². The van der Waals surface area contributed by atoms with Gasteiger partial charge in [-0.1, -0.05) is 48.5 Å². The van der Waals surface area contributed by atoms with E-state index in [-0.39, 0.29) is 23.7 Å². The van der Waals surface area contributed by atoms with E-state index in [1.807, 2.05) is 12.1 Å². The highest BCUT2D eigenvalue weighted by atomic mass is 35.5. The summed E-state index contributed by atoms with van der Waals surface area (Å²) in [5.41, 5.74) is 0.978. The van der Waals surface area contributed by atoms with E-state index in [4.69, 9.17) is 23.2 Å². The second kappa shape index (κ2) is 7.60. The molecule has 1 saturated heterocycles. The Kier molecular flexibility index (Phi) is 6.23. The molecule has 23 heavy (non-hydrogen) atoms. The van der Waals surface area contributed by atoms with Crippen molar-refractivity contribution in [1.29, 1.82) is 0 Å². The van der Waals surface area contributed by atoms with E-state index in [0.29, 0.717) is 23.1 Å². The number of rotatable bonds is 3. The molecule has 1 aliphatic carbocycles. The quantitative estimate of drug-likeness (QED) is 0.814. The van der Waals surface area contributed by atoms with Crippen molar-refractivity contribution in [3.8, 4) is 0 Å². The van der Waals surface area contributed by atoms with Gasteiger partial charge in [-0.15, -0.1) is 12.4 Å². The maximum atomic E-state index is 11.7. The monoisotopic (exact) mass is 377 g/mol. The minimum atomic E-state index is -0.647. The average molecular weight is 379 g/mol. The molecule has 2 aliphatic rings. The Morgan fingerprint density at radius 1 is 1.26 bits per heavy atom. The smallest absolute Gasteiger partial charge is 0.308 e. The summed E-state index contributed by atoms with van der Waals surface area (Å²) in [5, 5.41) is 10.9. The normalized spacial score (nSPS) is 23.7. The van der Waals surface area contributed by atoms with Crippen molar-refractivity contribution in [2.75, 3.05) is 13.1 Å². The van der Waals surface area contributed by atoms with Crippen LogP contribution >= 0.6 is 35.6 Å². The lowest BCUT2D eigenvalue weighted by atomic mass is 9.68. The zero-order valence-electron chi connectivity index (χ0n) is 12.9. The van der Waals surface area contributed by atoms with Crippen LogP contribution in [0.25, 0.3) is 0 Å². The van der Waals surface area contributed by atoms with Crippen molar-refractivity contribution in [1.82, 2.24) is 4.90 Å². The van der Waals surface area contributed by atoms with E-state index in [2.05, 4.69) is 4.90 Å². The molecular formula is C17H22Cl3NO2. The zero-order chi connectivity index (χ0) is 15.7. The van der Waals surface area contributed by atoms with Crippen LogP contribution < -0.4 is 0 Å². The topological polar surface area (TPSA) is 40.5 Å². The van der Waals surface area contributed by atoms with Crippen LogP contribution in [0.15, 0.2) is 18.2 Å². The molecule has 1 atom stereocenters. The first-order chi connectivity index (χ1) is 10.5. The minimum absolute atomic E-state index is 0. The summed E-state index contributed by atoms with van der Waals surface area (Å²) >= 11 is 12.2. The Bertz CT molecular complexity index is 573. The first-order valence-corrected chi connectivity index (χ1v) is 8.65. The summed E-state index contributed by atoms with van der Waals surface area (Å²) < 4.78 is 0. The van der Waals surface area contributed by atoms with Crippen molar-refractivity contribution in [2.45, 2.75) is 38.6 Å². The molecule has 1 spiro atoms. The van der Waals surface area contributed by atoms with Crippen LogP contribution in [0.2, 0.25) is 10.0 Å². The molecule has 1 aromatic carbocycles. The van der Waals surface area contributed by atoms with E-state index in [1.54, 1.807) is 6.07 Å². The number of benzene rings is 1. The van der Waals surface area contributed by atoms with Crippen LogP contribution in [-0.4, -0.2) is 29.1 Å². The van der Waals surface area contributed by atoms with E-state index < -0.39 is 5.97 Å².